The van der Waals surface area contributed by atoms with E-state index in [4.69, 9.17) is 0 Å². The molecular formula is C9H18F2N2. The molecule has 1 unspecified atom stereocenters. The van der Waals surface area contributed by atoms with Gasteiger partial charge in [-0.25, -0.2) is 8.78 Å². The molecule has 0 aromatic heterocycles. The molecule has 13 heavy (non-hydrogen) atoms. The van der Waals surface area contributed by atoms with Crippen LogP contribution in [-0.4, -0.2) is 23.8 Å². The normalized spacial score (nSPS) is 16.2. The molecule has 0 saturated carbocycles. The van der Waals surface area contributed by atoms with E-state index in [2.05, 4.69) is 10.3 Å². The van der Waals surface area contributed by atoms with Crippen molar-refractivity contribution >= 4 is 5.84 Å². The number of rotatable bonds is 2. The molecule has 0 spiro atoms. The largest absolute Gasteiger partial charge is 0.369 e. The molecule has 0 fully saturated rings. The zero-order chi connectivity index (χ0) is 10.6. The van der Waals surface area contributed by atoms with Crippen LogP contribution in [0.3, 0.4) is 0 Å². The number of alkyl halides is 2. The Morgan fingerprint density at radius 1 is 1.31 bits per heavy atom. The number of amidine groups is 1. The first-order valence-electron chi connectivity index (χ1n) is 4.33. The van der Waals surface area contributed by atoms with Crippen LogP contribution >= 0.6 is 0 Å². The van der Waals surface area contributed by atoms with E-state index in [0.717, 1.165) is 0 Å². The Bertz CT molecular complexity index is 183. The number of hydrogen-bond acceptors (Lipinski definition) is 1. The smallest absolute Gasteiger partial charge is 0.260 e. The summed E-state index contributed by atoms with van der Waals surface area (Å²) in [5.74, 6) is 0.556. The summed E-state index contributed by atoms with van der Waals surface area (Å²) in [5.41, 5.74) is -0.130. The molecule has 1 N–H and O–H groups in total. The van der Waals surface area contributed by atoms with Gasteiger partial charge in [0.05, 0.1) is 5.84 Å². The third-order valence-corrected chi connectivity index (χ3v) is 1.32. The minimum absolute atomic E-state index is 0.130. The maximum atomic E-state index is 12.1. The Morgan fingerprint density at radius 2 is 1.77 bits per heavy atom. The first-order valence-corrected chi connectivity index (χ1v) is 4.33. The van der Waals surface area contributed by atoms with Crippen molar-refractivity contribution in [2.45, 2.75) is 52.6 Å². The lowest BCUT2D eigenvalue weighted by molar-refractivity contribution is 0.124. The molecule has 0 aliphatic carbocycles. The van der Waals surface area contributed by atoms with Crippen molar-refractivity contribution in [3.63, 3.8) is 0 Å². The molecule has 0 amide bonds. The topological polar surface area (TPSA) is 24.4 Å². The molecule has 0 saturated heterocycles. The second-order valence-electron chi connectivity index (χ2n) is 4.16. The third-order valence-electron chi connectivity index (χ3n) is 1.32. The predicted octanol–water partition coefficient (Wildman–Crippen LogP) is 2.45. The Hall–Kier alpha value is -0.670. The SMILES string of the molecule is CC(=NC(C)C(F)F)NC(C)(C)C. The summed E-state index contributed by atoms with van der Waals surface area (Å²) in [5, 5.41) is 3.02. The summed E-state index contributed by atoms with van der Waals surface area (Å²) in [7, 11) is 0. The van der Waals surface area contributed by atoms with Crippen molar-refractivity contribution in [3.05, 3.63) is 0 Å². The molecule has 0 aromatic rings. The number of hydrogen-bond donors (Lipinski definition) is 1. The van der Waals surface area contributed by atoms with Gasteiger partial charge in [-0.05, 0) is 34.6 Å². The van der Waals surface area contributed by atoms with Gasteiger partial charge in [-0.15, -0.1) is 0 Å². The summed E-state index contributed by atoms with van der Waals surface area (Å²) >= 11 is 0. The highest BCUT2D eigenvalue weighted by Crippen LogP contribution is 2.05. The highest BCUT2D eigenvalue weighted by atomic mass is 19.3. The molecule has 1 atom stereocenters. The summed E-state index contributed by atoms with van der Waals surface area (Å²) in [6.07, 6.45) is -2.39. The maximum absolute atomic E-state index is 12.1. The van der Waals surface area contributed by atoms with Crippen molar-refractivity contribution in [1.29, 1.82) is 0 Å². The Labute approximate surface area is 78.4 Å². The zero-order valence-corrected chi connectivity index (χ0v) is 8.86. The van der Waals surface area contributed by atoms with Crippen molar-refractivity contribution in [1.82, 2.24) is 5.32 Å². The van der Waals surface area contributed by atoms with Crippen LogP contribution in [-0.2, 0) is 0 Å². The summed E-state index contributed by atoms with van der Waals surface area (Å²) in [4.78, 5) is 3.82. The van der Waals surface area contributed by atoms with Gasteiger partial charge in [-0.1, -0.05) is 0 Å². The number of halogens is 2. The number of nitrogens with zero attached hydrogens (tertiary/aromatic N) is 1. The van der Waals surface area contributed by atoms with E-state index in [9.17, 15) is 8.78 Å². The fourth-order valence-electron chi connectivity index (χ4n) is 0.937. The van der Waals surface area contributed by atoms with E-state index in [1.165, 1.54) is 6.92 Å². The molecule has 2 nitrogen and oxygen atoms in total. The quantitative estimate of drug-likeness (QED) is 0.527. The molecule has 78 valence electrons. The van der Waals surface area contributed by atoms with Gasteiger partial charge in [0.2, 0.25) is 0 Å². The molecule has 0 rings (SSSR count). The lowest BCUT2D eigenvalue weighted by atomic mass is 10.1. The highest BCUT2D eigenvalue weighted by Gasteiger charge is 2.15. The molecule has 0 radical (unpaired) electrons. The lowest BCUT2D eigenvalue weighted by Crippen LogP contribution is -2.40. The fraction of sp³-hybridized carbons (Fsp3) is 0.889. The van der Waals surface area contributed by atoms with E-state index in [-0.39, 0.29) is 5.54 Å². The van der Waals surface area contributed by atoms with E-state index >= 15 is 0 Å². The molecular weight excluding hydrogens is 174 g/mol. The first kappa shape index (κ1) is 12.3. The molecule has 4 heteroatoms. The highest BCUT2D eigenvalue weighted by molar-refractivity contribution is 5.80. The van der Waals surface area contributed by atoms with E-state index in [1.807, 2.05) is 20.8 Å². The second-order valence-corrected chi connectivity index (χ2v) is 4.16. The van der Waals surface area contributed by atoms with Gasteiger partial charge >= 0.3 is 0 Å². The summed E-state index contributed by atoms with van der Waals surface area (Å²) < 4.78 is 24.2. The van der Waals surface area contributed by atoms with Crippen LogP contribution in [0.1, 0.15) is 34.6 Å². The van der Waals surface area contributed by atoms with Gasteiger partial charge in [0.25, 0.3) is 6.43 Å². The first-order chi connectivity index (χ1) is 5.72. The van der Waals surface area contributed by atoms with Gasteiger partial charge in [0.15, 0.2) is 0 Å². The third kappa shape index (κ3) is 6.49. The zero-order valence-electron chi connectivity index (χ0n) is 8.86. The summed E-state index contributed by atoms with van der Waals surface area (Å²) in [6, 6.07) is -0.935. The van der Waals surface area contributed by atoms with Crippen molar-refractivity contribution in [3.8, 4) is 0 Å². The van der Waals surface area contributed by atoms with Crippen molar-refractivity contribution < 1.29 is 8.78 Å². The van der Waals surface area contributed by atoms with Gasteiger partial charge < -0.3 is 5.32 Å². The van der Waals surface area contributed by atoms with Gasteiger partial charge in [-0.2, -0.15) is 0 Å². The average molecular weight is 192 g/mol. The minimum Gasteiger partial charge on any atom is -0.369 e. The molecule has 0 aliphatic heterocycles. The summed E-state index contributed by atoms with van der Waals surface area (Å²) in [6.45, 7) is 8.97. The Morgan fingerprint density at radius 3 is 2.08 bits per heavy atom. The van der Waals surface area contributed by atoms with E-state index < -0.39 is 12.5 Å². The standard InChI is InChI=1S/C9H18F2N2/c1-6(8(10)11)12-7(2)13-9(3,4)5/h6,8H,1-5H3,(H,12,13). The minimum atomic E-state index is -2.39. The van der Waals surface area contributed by atoms with E-state index in [1.54, 1.807) is 6.92 Å². The van der Waals surface area contributed by atoms with Crippen molar-refractivity contribution in [2.75, 3.05) is 0 Å². The van der Waals surface area contributed by atoms with Crippen LogP contribution in [0, 0.1) is 0 Å². The van der Waals surface area contributed by atoms with Crippen LogP contribution in [0.5, 0.6) is 0 Å². The monoisotopic (exact) mass is 192 g/mol. The number of aliphatic imine (C=N–C) groups is 1. The average Bonchev–Trinajstić information content (AvgIpc) is 1.81. The van der Waals surface area contributed by atoms with Crippen LogP contribution in [0.4, 0.5) is 8.78 Å². The maximum Gasteiger partial charge on any atom is 0.260 e. The molecule has 0 heterocycles. The Balaban J connectivity index is 4.17. The van der Waals surface area contributed by atoms with Gasteiger partial charge in [-0.3, -0.25) is 4.99 Å². The molecule has 0 aromatic carbocycles. The molecule has 0 bridgehead atoms. The van der Waals surface area contributed by atoms with E-state index in [0.29, 0.717) is 5.84 Å². The van der Waals surface area contributed by atoms with Crippen LogP contribution in [0.25, 0.3) is 0 Å². The second kappa shape index (κ2) is 4.53. The fourth-order valence-corrected chi connectivity index (χ4v) is 0.937. The number of nitrogens with one attached hydrogen (secondary N) is 1. The molecule has 0 aliphatic rings. The lowest BCUT2D eigenvalue weighted by Gasteiger charge is -2.22. The van der Waals surface area contributed by atoms with Crippen molar-refractivity contribution in [2.24, 2.45) is 4.99 Å². The van der Waals surface area contributed by atoms with Crippen LogP contribution < -0.4 is 5.32 Å². The predicted molar refractivity (Wildman–Crippen MR) is 51.5 cm³/mol. The van der Waals surface area contributed by atoms with Crippen LogP contribution in [0.15, 0.2) is 4.99 Å². The van der Waals surface area contributed by atoms with Gasteiger partial charge in [0.1, 0.15) is 6.04 Å². The van der Waals surface area contributed by atoms with Crippen LogP contribution in [0.2, 0.25) is 0 Å². The van der Waals surface area contributed by atoms with Gasteiger partial charge in [0, 0.05) is 5.54 Å². The Kier molecular flexibility index (Phi) is 4.30.